The van der Waals surface area contributed by atoms with E-state index in [4.69, 9.17) is 9.97 Å². The Kier molecular flexibility index (Phi) is 7.57. The summed E-state index contributed by atoms with van der Waals surface area (Å²) < 4.78 is 0. The van der Waals surface area contributed by atoms with Crippen molar-refractivity contribution in [3.05, 3.63) is 184 Å². The highest BCUT2D eigenvalue weighted by Crippen LogP contribution is 2.63. The Hall–Kier alpha value is -6.20. The van der Waals surface area contributed by atoms with Gasteiger partial charge in [0, 0.05) is 45.3 Å². The third-order valence-electron chi connectivity index (χ3n) is 14.8. The number of fused-ring (bicyclic) bond motifs is 8. The summed E-state index contributed by atoms with van der Waals surface area (Å²) in [5.74, 6) is 1.92. The van der Waals surface area contributed by atoms with E-state index in [0.29, 0.717) is 0 Å². The molecule has 4 aliphatic heterocycles. The SMILES string of the molecule is CC(C)(C)c1cc2c3c(c1)C(C)(C)c1cccnc1N3c1cc(N3c4ccccc4C(C)(C)c4cc5c(cc43)N(c3ccccn3)c3ccccc3C5(C)C)ccc1C2(C)C. The third-order valence-corrected chi connectivity index (χ3v) is 14.8. The summed E-state index contributed by atoms with van der Waals surface area (Å²) >= 11 is 0. The number of aromatic nitrogens is 2. The summed E-state index contributed by atoms with van der Waals surface area (Å²) in [5.41, 5.74) is 19.1. The average molecular weight is 798 g/mol. The molecule has 7 aromatic rings. The molecule has 0 bridgehead atoms. The third kappa shape index (κ3) is 5.01. The van der Waals surface area contributed by atoms with Crippen LogP contribution in [0.25, 0.3) is 0 Å². The molecule has 2 aromatic heterocycles. The second-order valence-corrected chi connectivity index (χ2v) is 20.9. The first-order valence-electron chi connectivity index (χ1n) is 21.9. The molecule has 4 aliphatic rings. The summed E-state index contributed by atoms with van der Waals surface area (Å²) in [6.07, 6.45) is 3.86. The molecule has 6 heterocycles. The molecule has 5 nitrogen and oxygen atoms in total. The van der Waals surface area contributed by atoms with Gasteiger partial charge >= 0.3 is 0 Å². The second-order valence-electron chi connectivity index (χ2n) is 20.9. The lowest BCUT2D eigenvalue weighted by molar-refractivity contribution is 0.562. The van der Waals surface area contributed by atoms with Gasteiger partial charge in [0.1, 0.15) is 11.6 Å². The standard InChI is InChI=1S/C56H55N5/c1-52(2,3)34-29-42-50-43(30-34)56(10,11)39-21-18-28-58-51(39)61(50)46-31-35(25-26-38(46)55(42,8)9)59-44-22-14-12-19-36(44)53(4,5)40-32-41-48(33-47(40)59)60(49-24-16-17-27-57-49)45-23-15-13-20-37(45)54(41,6)7/h12-33H,1-11H3. The Morgan fingerprint density at radius 1 is 0.393 bits per heavy atom. The topological polar surface area (TPSA) is 35.5 Å². The fourth-order valence-corrected chi connectivity index (χ4v) is 11.2. The number of hydrogen-bond acceptors (Lipinski definition) is 5. The van der Waals surface area contributed by atoms with E-state index in [2.05, 4.69) is 206 Å². The number of anilines is 9. The van der Waals surface area contributed by atoms with Gasteiger partial charge < -0.3 is 4.90 Å². The largest absolute Gasteiger partial charge is 0.310 e. The van der Waals surface area contributed by atoms with Crippen LogP contribution in [0.15, 0.2) is 134 Å². The van der Waals surface area contributed by atoms with Gasteiger partial charge in [-0.05, 0) is 105 Å². The van der Waals surface area contributed by atoms with E-state index in [1.54, 1.807) is 0 Å². The summed E-state index contributed by atoms with van der Waals surface area (Å²) in [5, 5.41) is 0. The van der Waals surface area contributed by atoms with E-state index in [-0.39, 0.29) is 27.1 Å². The molecule has 0 spiro atoms. The lowest BCUT2D eigenvalue weighted by atomic mass is 9.65. The van der Waals surface area contributed by atoms with Gasteiger partial charge in [-0.1, -0.05) is 143 Å². The van der Waals surface area contributed by atoms with Crippen LogP contribution in [0.1, 0.15) is 126 Å². The van der Waals surface area contributed by atoms with Crippen molar-refractivity contribution in [3.63, 3.8) is 0 Å². The number of nitrogens with zero attached hydrogens (tertiary/aromatic N) is 5. The van der Waals surface area contributed by atoms with Crippen molar-refractivity contribution >= 4 is 51.4 Å². The Labute approximate surface area is 361 Å². The monoisotopic (exact) mass is 797 g/mol. The van der Waals surface area contributed by atoms with Crippen LogP contribution in [0.3, 0.4) is 0 Å². The van der Waals surface area contributed by atoms with E-state index in [1.165, 1.54) is 78.5 Å². The summed E-state index contributed by atoms with van der Waals surface area (Å²) in [6.45, 7) is 26.1. The molecule has 0 N–H and O–H groups in total. The van der Waals surface area contributed by atoms with Crippen LogP contribution in [-0.4, -0.2) is 9.97 Å². The Balaban J connectivity index is 1.19. The molecule has 0 radical (unpaired) electrons. The fraction of sp³-hybridized carbons (Fsp3) is 0.286. The van der Waals surface area contributed by atoms with Gasteiger partial charge in [-0.15, -0.1) is 0 Å². The van der Waals surface area contributed by atoms with Gasteiger partial charge in [0.15, 0.2) is 0 Å². The normalized spacial score (nSPS) is 17.9. The van der Waals surface area contributed by atoms with E-state index >= 15 is 0 Å². The molecule has 61 heavy (non-hydrogen) atoms. The predicted octanol–water partition coefficient (Wildman–Crippen LogP) is 14.7. The van der Waals surface area contributed by atoms with E-state index in [9.17, 15) is 0 Å². The summed E-state index contributed by atoms with van der Waals surface area (Å²) in [4.78, 5) is 17.6. The Morgan fingerprint density at radius 3 is 1.52 bits per heavy atom. The lowest BCUT2D eigenvalue weighted by Crippen LogP contribution is -2.39. The summed E-state index contributed by atoms with van der Waals surface area (Å²) in [6, 6.07) is 45.6. The van der Waals surface area contributed by atoms with Gasteiger partial charge in [0.2, 0.25) is 0 Å². The molecular formula is C56H55N5. The number of para-hydroxylation sites is 2. The smallest absolute Gasteiger partial charge is 0.141 e. The minimum absolute atomic E-state index is 0.00662. The molecule has 0 amide bonds. The van der Waals surface area contributed by atoms with Crippen molar-refractivity contribution in [2.45, 2.75) is 103 Å². The zero-order valence-corrected chi connectivity index (χ0v) is 37.4. The van der Waals surface area contributed by atoms with Gasteiger partial charge in [-0.25, -0.2) is 9.97 Å². The second kappa shape index (κ2) is 12.2. The van der Waals surface area contributed by atoms with E-state index in [1.807, 2.05) is 18.5 Å². The van der Waals surface area contributed by atoms with Crippen molar-refractivity contribution in [2.75, 3.05) is 14.7 Å². The van der Waals surface area contributed by atoms with Crippen LogP contribution in [0.2, 0.25) is 0 Å². The molecule has 5 heteroatoms. The van der Waals surface area contributed by atoms with Crippen molar-refractivity contribution in [1.82, 2.24) is 9.97 Å². The minimum Gasteiger partial charge on any atom is -0.310 e. The molecule has 0 fully saturated rings. The number of pyridine rings is 2. The van der Waals surface area contributed by atoms with Gasteiger partial charge in [0.05, 0.1) is 34.1 Å². The molecular weight excluding hydrogens is 743 g/mol. The fourth-order valence-electron chi connectivity index (χ4n) is 11.2. The molecule has 0 unspecified atom stereocenters. The maximum Gasteiger partial charge on any atom is 0.141 e. The van der Waals surface area contributed by atoms with E-state index in [0.717, 1.165) is 23.0 Å². The molecule has 0 saturated heterocycles. The molecule has 11 rings (SSSR count). The van der Waals surface area contributed by atoms with Gasteiger partial charge in [-0.2, -0.15) is 0 Å². The Bertz CT molecular complexity index is 2960. The maximum absolute atomic E-state index is 5.21. The zero-order chi connectivity index (χ0) is 42.6. The van der Waals surface area contributed by atoms with Gasteiger partial charge in [-0.3, -0.25) is 9.80 Å². The van der Waals surface area contributed by atoms with Crippen LogP contribution in [0, 0.1) is 0 Å². The number of hydrogen-bond donors (Lipinski definition) is 0. The molecule has 0 saturated carbocycles. The molecule has 5 aromatic carbocycles. The van der Waals surface area contributed by atoms with Crippen molar-refractivity contribution in [2.24, 2.45) is 0 Å². The first kappa shape index (κ1) is 37.8. The van der Waals surface area contributed by atoms with Crippen LogP contribution >= 0.6 is 0 Å². The van der Waals surface area contributed by atoms with E-state index < -0.39 is 0 Å². The Morgan fingerprint density at radius 2 is 0.902 bits per heavy atom. The molecule has 0 atom stereocenters. The van der Waals surface area contributed by atoms with Crippen LogP contribution in [0.4, 0.5) is 51.4 Å². The quantitative estimate of drug-likeness (QED) is 0.174. The van der Waals surface area contributed by atoms with Crippen LogP contribution in [0.5, 0.6) is 0 Å². The number of rotatable bonds is 2. The highest BCUT2D eigenvalue weighted by molar-refractivity contribution is 5.96. The highest BCUT2D eigenvalue weighted by atomic mass is 15.2. The van der Waals surface area contributed by atoms with Crippen LogP contribution < -0.4 is 14.7 Å². The van der Waals surface area contributed by atoms with Crippen molar-refractivity contribution < 1.29 is 0 Å². The maximum atomic E-state index is 5.21. The van der Waals surface area contributed by atoms with Crippen molar-refractivity contribution in [1.29, 1.82) is 0 Å². The lowest BCUT2D eigenvalue weighted by Gasteiger charge is -2.50. The predicted molar refractivity (Wildman–Crippen MR) is 253 cm³/mol. The highest BCUT2D eigenvalue weighted by Gasteiger charge is 2.48. The molecule has 304 valence electrons. The minimum atomic E-state index is -0.267. The summed E-state index contributed by atoms with van der Waals surface area (Å²) in [7, 11) is 0. The van der Waals surface area contributed by atoms with Gasteiger partial charge in [0.25, 0.3) is 0 Å². The first-order valence-corrected chi connectivity index (χ1v) is 21.9. The molecule has 0 aliphatic carbocycles. The number of benzene rings is 5. The first-order chi connectivity index (χ1) is 28.9. The average Bonchev–Trinajstić information content (AvgIpc) is 3.23. The van der Waals surface area contributed by atoms with Crippen LogP contribution in [-0.2, 0) is 27.1 Å². The zero-order valence-electron chi connectivity index (χ0n) is 37.4. The van der Waals surface area contributed by atoms with Crippen molar-refractivity contribution in [3.8, 4) is 0 Å².